The molecule has 3 rings (SSSR count). The van der Waals surface area contributed by atoms with Gasteiger partial charge in [0.1, 0.15) is 0 Å². The monoisotopic (exact) mass is 337 g/mol. The molecular weight excluding hydrogens is 318 g/mol. The molecule has 128 valence electrons. The van der Waals surface area contributed by atoms with Crippen LogP contribution in [0.1, 0.15) is 31.0 Å². The number of pyridine rings is 2. The van der Waals surface area contributed by atoms with Crippen LogP contribution in [0.4, 0.5) is 0 Å². The van der Waals surface area contributed by atoms with E-state index < -0.39 is 17.7 Å². The topological polar surface area (TPSA) is 83.4 Å². The molecule has 0 radical (unpaired) electrons. The van der Waals surface area contributed by atoms with Gasteiger partial charge in [-0.25, -0.2) is 0 Å². The maximum atomic E-state index is 12.7. The van der Waals surface area contributed by atoms with Gasteiger partial charge in [-0.2, -0.15) is 0 Å². The van der Waals surface area contributed by atoms with Gasteiger partial charge in [0.15, 0.2) is 11.5 Å². The van der Waals surface area contributed by atoms with Crippen molar-refractivity contribution in [2.45, 2.75) is 26.4 Å². The van der Waals surface area contributed by atoms with Gasteiger partial charge in [-0.15, -0.1) is 0 Å². The lowest BCUT2D eigenvalue weighted by Crippen LogP contribution is -2.31. The minimum atomic E-state index is -0.626. The number of aliphatic hydroxyl groups excluding tert-OH is 1. The lowest BCUT2D eigenvalue weighted by molar-refractivity contribution is -0.130. The van der Waals surface area contributed by atoms with Gasteiger partial charge in [0.25, 0.3) is 5.91 Å². The van der Waals surface area contributed by atoms with Crippen LogP contribution in [0.15, 0.2) is 60.4 Å². The number of amides is 1. The number of carbonyl (C=O) groups excluding carboxylic acids is 2. The van der Waals surface area contributed by atoms with Gasteiger partial charge in [0.2, 0.25) is 0 Å². The molecule has 0 saturated carbocycles. The molecule has 1 amide bonds. The highest BCUT2D eigenvalue weighted by molar-refractivity contribution is 6.09. The summed E-state index contributed by atoms with van der Waals surface area (Å²) in [6, 6.07) is 6.48. The normalized spacial score (nSPS) is 17.5. The Kier molecular flexibility index (Phi) is 4.61. The Morgan fingerprint density at radius 2 is 1.68 bits per heavy atom. The molecule has 0 spiro atoms. The highest BCUT2D eigenvalue weighted by Crippen LogP contribution is 2.39. The van der Waals surface area contributed by atoms with E-state index in [1.165, 1.54) is 4.90 Å². The molecule has 6 nitrogen and oxygen atoms in total. The Balaban J connectivity index is 2.06. The summed E-state index contributed by atoms with van der Waals surface area (Å²) < 4.78 is 0. The van der Waals surface area contributed by atoms with Gasteiger partial charge < -0.3 is 10.0 Å². The second-order valence-electron chi connectivity index (χ2n) is 6.25. The predicted octanol–water partition coefficient (Wildman–Crippen LogP) is 2.60. The molecule has 1 unspecified atom stereocenters. The highest BCUT2D eigenvalue weighted by Gasteiger charge is 2.43. The first-order valence-corrected chi connectivity index (χ1v) is 8.07. The molecule has 3 heterocycles. The van der Waals surface area contributed by atoms with Gasteiger partial charge >= 0.3 is 0 Å². The quantitative estimate of drug-likeness (QED) is 0.907. The van der Waals surface area contributed by atoms with Gasteiger partial charge in [-0.3, -0.25) is 19.6 Å². The Bertz CT molecular complexity index is 816. The Hall–Kier alpha value is -3.02. The summed E-state index contributed by atoms with van der Waals surface area (Å²) in [4.78, 5) is 34.8. The van der Waals surface area contributed by atoms with E-state index >= 15 is 0 Å². The molecule has 6 heteroatoms. The molecule has 0 bridgehead atoms. The second kappa shape index (κ2) is 6.84. The van der Waals surface area contributed by atoms with Crippen molar-refractivity contribution in [3.05, 3.63) is 71.5 Å². The van der Waals surface area contributed by atoms with E-state index in [1.54, 1.807) is 62.9 Å². The number of hydrogen-bond acceptors (Lipinski definition) is 5. The van der Waals surface area contributed by atoms with Crippen LogP contribution in [-0.2, 0) is 16.1 Å². The fourth-order valence-corrected chi connectivity index (χ4v) is 2.96. The van der Waals surface area contributed by atoms with Crippen molar-refractivity contribution in [1.29, 1.82) is 0 Å². The summed E-state index contributed by atoms with van der Waals surface area (Å²) in [5, 5.41) is 10.4. The fraction of sp³-hybridized carbons (Fsp3) is 0.263. The molecular formula is C19H19N3O3. The highest BCUT2D eigenvalue weighted by atomic mass is 16.3. The third-order valence-electron chi connectivity index (χ3n) is 4.22. The number of Topliss-reactive ketones (excluding diaryl/α,β-unsaturated/α-hetero) is 1. The molecule has 1 aliphatic rings. The number of ketones is 1. The van der Waals surface area contributed by atoms with Crippen molar-refractivity contribution in [3.8, 4) is 0 Å². The summed E-state index contributed by atoms with van der Waals surface area (Å²) in [5.74, 6) is -1.56. The fourth-order valence-electron chi connectivity index (χ4n) is 2.96. The van der Waals surface area contributed by atoms with Crippen LogP contribution in [0, 0.1) is 5.92 Å². The molecule has 0 aromatic carbocycles. The molecule has 0 aliphatic carbocycles. The van der Waals surface area contributed by atoms with E-state index in [4.69, 9.17) is 0 Å². The van der Waals surface area contributed by atoms with E-state index in [1.807, 2.05) is 0 Å². The third-order valence-corrected chi connectivity index (χ3v) is 4.22. The minimum absolute atomic E-state index is 0.153. The Morgan fingerprint density at radius 3 is 2.24 bits per heavy atom. The molecule has 25 heavy (non-hydrogen) atoms. The van der Waals surface area contributed by atoms with Crippen molar-refractivity contribution in [2.75, 3.05) is 0 Å². The van der Waals surface area contributed by atoms with E-state index in [0.717, 1.165) is 11.1 Å². The smallest absolute Gasteiger partial charge is 0.290 e. The van der Waals surface area contributed by atoms with Crippen molar-refractivity contribution in [3.63, 3.8) is 0 Å². The number of hydrogen-bond donors (Lipinski definition) is 1. The number of rotatable bonds is 5. The zero-order valence-electron chi connectivity index (χ0n) is 14.1. The second-order valence-corrected chi connectivity index (χ2v) is 6.25. The SMILES string of the molecule is CC(C)C(=O)C1=C(O)C(=O)N(Cc2ccncc2)C1c1ccncc1. The number of aromatic nitrogens is 2. The summed E-state index contributed by atoms with van der Waals surface area (Å²) >= 11 is 0. The Labute approximate surface area is 145 Å². The van der Waals surface area contributed by atoms with Crippen LogP contribution < -0.4 is 0 Å². The zero-order valence-corrected chi connectivity index (χ0v) is 14.1. The van der Waals surface area contributed by atoms with E-state index in [2.05, 4.69) is 9.97 Å². The average molecular weight is 337 g/mol. The maximum Gasteiger partial charge on any atom is 0.290 e. The average Bonchev–Trinajstić information content (AvgIpc) is 2.87. The largest absolute Gasteiger partial charge is 0.503 e. The summed E-state index contributed by atoms with van der Waals surface area (Å²) in [7, 11) is 0. The van der Waals surface area contributed by atoms with E-state index in [0.29, 0.717) is 0 Å². The van der Waals surface area contributed by atoms with E-state index in [9.17, 15) is 14.7 Å². The van der Waals surface area contributed by atoms with Crippen LogP contribution in [0.3, 0.4) is 0 Å². The standard InChI is InChI=1S/C19H19N3O3/c1-12(2)17(23)15-16(14-5-9-21-10-6-14)22(19(25)18(15)24)11-13-3-7-20-8-4-13/h3-10,12,16,24H,11H2,1-2H3. The summed E-state index contributed by atoms with van der Waals surface area (Å²) in [5.41, 5.74) is 1.76. The first-order valence-electron chi connectivity index (χ1n) is 8.07. The number of aliphatic hydroxyl groups is 1. The molecule has 1 atom stereocenters. The van der Waals surface area contributed by atoms with Gasteiger partial charge in [0, 0.05) is 37.3 Å². The van der Waals surface area contributed by atoms with Crippen molar-refractivity contribution in [1.82, 2.24) is 14.9 Å². The predicted molar refractivity (Wildman–Crippen MR) is 91.3 cm³/mol. The van der Waals surface area contributed by atoms with Crippen molar-refractivity contribution in [2.24, 2.45) is 5.92 Å². The van der Waals surface area contributed by atoms with E-state index in [-0.39, 0.29) is 23.8 Å². The summed E-state index contributed by atoms with van der Waals surface area (Å²) in [6.07, 6.45) is 6.50. The molecule has 0 saturated heterocycles. The van der Waals surface area contributed by atoms with Crippen LogP contribution in [0.2, 0.25) is 0 Å². The minimum Gasteiger partial charge on any atom is -0.503 e. The van der Waals surface area contributed by atoms with Crippen LogP contribution in [-0.4, -0.2) is 31.7 Å². The molecule has 2 aromatic heterocycles. The number of carbonyl (C=O) groups is 2. The van der Waals surface area contributed by atoms with Gasteiger partial charge in [-0.05, 0) is 35.4 Å². The lowest BCUT2D eigenvalue weighted by atomic mass is 9.91. The molecule has 2 aromatic rings. The lowest BCUT2D eigenvalue weighted by Gasteiger charge is -2.27. The van der Waals surface area contributed by atoms with Crippen molar-refractivity contribution < 1.29 is 14.7 Å². The van der Waals surface area contributed by atoms with Crippen LogP contribution >= 0.6 is 0 Å². The molecule has 1 N–H and O–H groups in total. The number of nitrogens with zero attached hydrogens (tertiary/aromatic N) is 3. The summed E-state index contributed by atoms with van der Waals surface area (Å²) in [6.45, 7) is 3.78. The molecule has 0 fully saturated rings. The van der Waals surface area contributed by atoms with Crippen molar-refractivity contribution >= 4 is 11.7 Å². The zero-order chi connectivity index (χ0) is 18.0. The Morgan fingerprint density at radius 1 is 1.12 bits per heavy atom. The maximum absolute atomic E-state index is 12.7. The van der Waals surface area contributed by atoms with Crippen LogP contribution in [0.5, 0.6) is 0 Å². The first-order chi connectivity index (χ1) is 12.0. The van der Waals surface area contributed by atoms with Crippen LogP contribution in [0.25, 0.3) is 0 Å². The third kappa shape index (κ3) is 3.15. The van der Waals surface area contributed by atoms with Gasteiger partial charge in [0.05, 0.1) is 11.6 Å². The van der Waals surface area contributed by atoms with Gasteiger partial charge in [-0.1, -0.05) is 13.8 Å². The first kappa shape index (κ1) is 16.8. The molecule has 1 aliphatic heterocycles.